The van der Waals surface area contributed by atoms with E-state index in [9.17, 15) is 9.90 Å². The Balaban J connectivity index is 2.90. The van der Waals surface area contributed by atoms with Gasteiger partial charge in [0.15, 0.2) is 0 Å². The van der Waals surface area contributed by atoms with Crippen LogP contribution in [0.15, 0.2) is 21.0 Å². The van der Waals surface area contributed by atoms with Gasteiger partial charge in [0, 0.05) is 15.4 Å². The highest BCUT2D eigenvalue weighted by atomic mass is 79.9. The van der Waals surface area contributed by atoms with E-state index in [-0.39, 0.29) is 17.6 Å². The van der Waals surface area contributed by atoms with Crippen molar-refractivity contribution >= 4 is 32.9 Å². The summed E-state index contributed by atoms with van der Waals surface area (Å²) in [5.41, 5.74) is 2.49. The summed E-state index contributed by atoms with van der Waals surface area (Å²) in [6.07, 6.45) is 0. The summed E-state index contributed by atoms with van der Waals surface area (Å²) in [5, 5.41) is 10.2. The van der Waals surface area contributed by atoms with E-state index in [0.717, 1.165) is 21.0 Å². The van der Waals surface area contributed by atoms with Crippen molar-refractivity contribution < 1.29 is 14.3 Å². The van der Waals surface area contributed by atoms with Gasteiger partial charge >= 0.3 is 5.97 Å². The van der Waals surface area contributed by atoms with Crippen LogP contribution < -0.4 is 0 Å². The molecule has 0 saturated heterocycles. The molecule has 0 unspecified atom stereocenters. The zero-order valence-corrected chi connectivity index (χ0v) is 13.0. The molecule has 0 spiro atoms. The molecular weight excluding hydrogens is 308 g/mol. The van der Waals surface area contributed by atoms with E-state index in [1.807, 2.05) is 26.0 Å². The number of hydrogen-bond donors (Lipinski definition) is 1. The number of furan rings is 1. The molecule has 1 N–H and O–H groups in total. The number of halogens is 1. The molecular formula is C15H17BrO3. The van der Waals surface area contributed by atoms with Crippen LogP contribution in [0.25, 0.3) is 11.0 Å². The smallest absolute Gasteiger partial charge is 0.372 e. The second-order valence-electron chi connectivity index (χ2n) is 5.33. The molecule has 4 heteroatoms. The Kier molecular flexibility index (Phi) is 3.72. The van der Waals surface area contributed by atoms with E-state index in [4.69, 9.17) is 4.42 Å². The molecule has 0 atom stereocenters. The molecule has 1 heterocycles. The van der Waals surface area contributed by atoms with Gasteiger partial charge in [-0.3, -0.25) is 0 Å². The van der Waals surface area contributed by atoms with E-state index in [1.54, 1.807) is 0 Å². The van der Waals surface area contributed by atoms with E-state index in [2.05, 4.69) is 29.8 Å². The molecule has 3 nitrogen and oxygen atoms in total. The van der Waals surface area contributed by atoms with Gasteiger partial charge in [0.05, 0.1) is 0 Å². The maximum absolute atomic E-state index is 11.4. The van der Waals surface area contributed by atoms with Crippen molar-refractivity contribution in [3.63, 3.8) is 0 Å². The molecule has 1 aromatic carbocycles. The maximum atomic E-state index is 11.4. The third-order valence-electron chi connectivity index (χ3n) is 3.21. The zero-order chi connectivity index (χ0) is 14.3. The van der Waals surface area contributed by atoms with Gasteiger partial charge in [-0.25, -0.2) is 4.79 Å². The Morgan fingerprint density at radius 3 is 2.32 bits per heavy atom. The Morgan fingerprint density at radius 1 is 1.21 bits per heavy atom. The molecule has 0 fully saturated rings. The van der Waals surface area contributed by atoms with E-state index in [1.165, 1.54) is 0 Å². The molecule has 0 aliphatic carbocycles. The molecule has 0 aliphatic rings. The first-order chi connectivity index (χ1) is 8.82. The Hall–Kier alpha value is -1.29. The fourth-order valence-corrected chi connectivity index (χ4v) is 2.84. The second-order valence-corrected chi connectivity index (χ2v) is 6.25. The topological polar surface area (TPSA) is 50.4 Å². The molecule has 1 aromatic heterocycles. The van der Waals surface area contributed by atoms with E-state index in [0.29, 0.717) is 5.58 Å². The quantitative estimate of drug-likeness (QED) is 0.850. The minimum Gasteiger partial charge on any atom is -0.475 e. The van der Waals surface area contributed by atoms with Crippen molar-refractivity contribution in [3.8, 4) is 0 Å². The molecule has 0 aliphatic heterocycles. The molecule has 0 radical (unpaired) electrons. The molecule has 0 bridgehead atoms. The highest BCUT2D eigenvalue weighted by Crippen LogP contribution is 2.38. The van der Waals surface area contributed by atoms with Crippen LogP contribution in [0.3, 0.4) is 0 Å². The van der Waals surface area contributed by atoms with Crippen LogP contribution in [-0.4, -0.2) is 11.1 Å². The Bertz CT molecular complexity index is 638. The van der Waals surface area contributed by atoms with Crippen LogP contribution in [0.2, 0.25) is 0 Å². The summed E-state index contributed by atoms with van der Waals surface area (Å²) in [4.78, 5) is 11.4. The predicted molar refractivity (Wildman–Crippen MR) is 79.1 cm³/mol. The summed E-state index contributed by atoms with van der Waals surface area (Å²) >= 11 is 3.49. The number of rotatable bonds is 3. The third kappa shape index (κ3) is 2.41. The first kappa shape index (κ1) is 14.1. The molecule has 0 amide bonds. The number of carboxylic acids is 1. The normalized spacial score (nSPS) is 11.7. The maximum Gasteiger partial charge on any atom is 0.372 e. The van der Waals surface area contributed by atoms with Gasteiger partial charge in [-0.15, -0.1) is 0 Å². The van der Waals surface area contributed by atoms with Gasteiger partial charge in [0.1, 0.15) is 5.58 Å². The van der Waals surface area contributed by atoms with Crippen LogP contribution in [0.1, 0.15) is 61.2 Å². The van der Waals surface area contributed by atoms with Gasteiger partial charge in [0.2, 0.25) is 5.76 Å². The van der Waals surface area contributed by atoms with Crippen LogP contribution in [0.5, 0.6) is 0 Å². The van der Waals surface area contributed by atoms with Crippen LogP contribution in [0.4, 0.5) is 0 Å². The first-order valence-electron chi connectivity index (χ1n) is 6.32. The Morgan fingerprint density at radius 2 is 1.84 bits per heavy atom. The highest BCUT2D eigenvalue weighted by Gasteiger charge is 2.24. The average Bonchev–Trinajstić information content (AvgIpc) is 2.66. The lowest BCUT2D eigenvalue weighted by Crippen LogP contribution is -2.00. The van der Waals surface area contributed by atoms with Crippen molar-refractivity contribution in [2.75, 3.05) is 0 Å². The monoisotopic (exact) mass is 324 g/mol. The SMILES string of the molecule is CC(C)c1c(C(=O)O)oc2c(C(C)C)cc(Br)cc12. The van der Waals surface area contributed by atoms with E-state index >= 15 is 0 Å². The third-order valence-corrected chi connectivity index (χ3v) is 3.67. The standard InChI is InChI=1S/C15H17BrO3/c1-7(2)10-5-9(16)6-11-12(8(3)4)14(15(17)18)19-13(10)11/h5-8H,1-4H3,(H,17,18). The van der Waals surface area contributed by atoms with Crippen LogP contribution >= 0.6 is 15.9 Å². The minimum atomic E-state index is -1.01. The zero-order valence-electron chi connectivity index (χ0n) is 11.5. The van der Waals surface area contributed by atoms with Gasteiger partial charge < -0.3 is 9.52 Å². The number of aromatic carboxylic acids is 1. The highest BCUT2D eigenvalue weighted by molar-refractivity contribution is 9.10. The summed E-state index contributed by atoms with van der Waals surface area (Å²) < 4.78 is 6.60. The van der Waals surface area contributed by atoms with Crippen molar-refractivity contribution in [2.24, 2.45) is 0 Å². The van der Waals surface area contributed by atoms with Crippen LogP contribution in [0, 0.1) is 0 Å². The minimum absolute atomic E-state index is 0.0602. The molecule has 19 heavy (non-hydrogen) atoms. The average molecular weight is 325 g/mol. The van der Waals surface area contributed by atoms with Crippen molar-refractivity contribution in [3.05, 3.63) is 33.5 Å². The lowest BCUT2D eigenvalue weighted by atomic mass is 9.95. The summed E-state index contributed by atoms with van der Waals surface area (Å²) in [7, 11) is 0. The largest absolute Gasteiger partial charge is 0.475 e. The van der Waals surface area contributed by atoms with Crippen molar-refractivity contribution in [1.82, 2.24) is 0 Å². The lowest BCUT2D eigenvalue weighted by molar-refractivity contribution is 0.0662. The van der Waals surface area contributed by atoms with Gasteiger partial charge in [-0.05, 0) is 29.5 Å². The summed E-state index contributed by atoms with van der Waals surface area (Å²) in [6.45, 7) is 8.10. The van der Waals surface area contributed by atoms with Crippen LogP contribution in [-0.2, 0) is 0 Å². The first-order valence-corrected chi connectivity index (χ1v) is 7.11. The molecule has 102 valence electrons. The second kappa shape index (κ2) is 5.00. The van der Waals surface area contributed by atoms with Crippen molar-refractivity contribution in [2.45, 2.75) is 39.5 Å². The molecule has 0 saturated carbocycles. The predicted octanol–water partition coefficient (Wildman–Crippen LogP) is 5.14. The number of hydrogen-bond acceptors (Lipinski definition) is 2. The fraction of sp³-hybridized carbons (Fsp3) is 0.400. The summed E-state index contributed by atoms with van der Waals surface area (Å²) in [5.74, 6) is -0.579. The molecule has 2 rings (SSSR count). The van der Waals surface area contributed by atoms with E-state index < -0.39 is 5.97 Å². The number of benzene rings is 1. The lowest BCUT2D eigenvalue weighted by Gasteiger charge is -2.08. The summed E-state index contributed by atoms with van der Waals surface area (Å²) in [6, 6.07) is 3.93. The van der Waals surface area contributed by atoms with Gasteiger partial charge in [-0.1, -0.05) is 43.6 Å². The number of carboxylic acid groups (broad SMARTS) is 1. The van der Waals surface area contributed by atoms with Gasteiger partial charge in [-0.2, -0.15) is 0 Å². The number of fused-ring (bicyclic) bond motifs is 1. The number of carbonyl (C=O) groups is 1. The Labute approximate surface area is 120 Å². The van der Waals surface area contributed by atoms with Crippen molar-refractivity contribution in [1.29, 1.82) is 0 Å². The fourth-order valence-electron chi connectivity index (χ4n) is 2.37. The van der Waals surface area contributed by atoms with Gasteiger partial charge in [0.25, 0.3) is 0 Å². The molecule has 2 aromatic rings.